The number of benzene rings is 1. The van der Waals surface area contributed by atoms with Gasteiger partial charge < -0.3 is 11.1 Å². The van der Waals surface area contributed by atoms with E-state index in [-0.39, 0.29) is 17.2 Å². The highest BCUT2D eigenvalue weighted by molar-refractivity contribution is 5.97. The molecule has 124 valence electrons. The first kappa shape index (κ1) is 17.0. The molecular weight excluding hydrogens is 292 g/mol. The predicted molar refractivity (Wildman–Crippen MR) is 91.9 cm³/mol. The highest BCUT2D eigenvalue weighted by Gasteiger charge is 2.29. The Morgan fingerprint density at radius 3 is 2.48 bits per heavy atom. The maximum Gasteiger partial charge on any atom is 0.295 e. The molecule has 2 aromatic rings. The second-order valence-corrected chi connectivity index (χ2v) is 6.06. The third-order valence-corrected chi connectivity index (χ3v) is 4.08. The van der Waals surface area contributed by atoms with Crippen molar-refractivity contribution in [2.45, 2.75) is 39.2 Å². The average Bonchev–Trinajstić information content (AvgIpc) is 2.72. The number of rotatable bonds is 5. The van der Waals surface area contributed by atoms with Crippen molar-refractivity contribution in [1.29, 1.82) is 0 Å². The van der Waals surface area contributed by atoms with E-state index < -0.39 is 5.54 Å². The third-order valence-electron chi connectivity index (χ3n) is 4.08. The Kier molecular flexibility index (Phi) is 4.75. The molecule has 23 heavy (non-hydrogen) atoms. The molecule has 1 unspecified atom stereocenters. The van der Waals surface area contributed by atoms with Crippen molar-refractivity contribution >= 4 is 11.6 Å². The number of carbonyl (C=O) groups excluding carboxylic acids is 1. The third kappa shape index (κ3) is 3.22. The number of aromatic nitrogens is 2. The van der Waals surface area contributed by atoms with Crippen LogP contribution in [0.5, 0.6) is 0 Å². The van der Waals surface area contributed by atoms with E-state index in [0.717, 1.165) is 12.1 Å². The van der Waals surface area contributed by atoms with Crippen LogP contribution in [-0.4, -0.2) is 20.8 Å². The van der Waals surface area contributed by atoms with Gasteiger partial charge in [0.1, 0.15) is 5.69 Å². The molecule has 2 rings (SSSR count). The number of anilines is 1. The molecule has 3 N–H and O–H groups in total. The standard InChI is InChI=1S/C17H24N4O2/c1-5-11-17(3,18)16(23)19-14-12(2)20(4)21(15(14)22)13-9-7-6-8-10-13/h6-10H,5,11,18H2,1-4H3,(H,19,23). The van der Waals surface area contributed by atoms with Crippen LogP contribution in [0.2, 0.25) is 0 Å². The van der Waals surface area contributed by atoms with Gasteiger partial charge in [0.15, 0.2) is 0 Å². The minimum Gasteiger partial charge on any atom is -0.318 e. The number of nitrogens with two attached hydrogens (primary N) is 1. The molecule has 0 bridgehead atoms. The fraction of sp³-hybridized carbons (Fsp3) is 0.412. The van der Waals surface area contributed by atoms with E-state index in [4.69, 9.17) is 5.73 Å². The highest BCUT2D eigenvalue weighted by atomic mass is 16.2. The van der Waals surface area contributed by atoms with Gasteiger partial charge in [0.05, 0.1) is 16.9 Å². The normalized spacial score (nSPS) is 13.6. The van der Waals surface area contributed by atoms with Gasteiger partial charge in [0.2, 0.25) is 5.91 Å². The Morgan fingerprint density at radius 2 is 1.91 bits per heavy atom. The monoisotopic (exact) mass is 316 g/mol. The fourth-order valence-electron chi connectivity index (χ4n) is 2.60. The number of para-hydroxylation sites is 1. The minimum absolute atomic E-state index is 0.267. The number of hydrogen-bond acceptors (Lipinski definition) is 3. The molecule has 1 aromatic heterocycles. The number of hydrogen-bond donors (Lipinski definition) is 2. The van der Waals surface area contributed by atoms with Gasteiger partial charge in [-0.05, 0) is 32.4 Å². The first-order valence-corrected chi connectivity index (χ1v) is 7.74. The van der Waals surface area contributed by atoms with Gasteiger partial charge in [-0.1, -0.05) is 31.5 Å². The van der Waals surface area contributed by atoms with Gasteiger partial charge in [0.25, 0.3) is 5.56 Å². The Bertz CT molecular complexity index is 757. The molecule has 0 fully saturated rings. The second-order valence-electron chi connectivity index (χ2n) is 6.06. The summed E-state index contributed by atoms with van der Waals surface area (Å²) in [6, 6.07) is 9.30. The van der Waals surface area contributed by atoms with E-state index in [2.05, 4.69) is 5.32 Å². The van der Waals surface area contributed by atoms with Crippen LogP contribution in [0.4, 0.5) is 5.69 Å². The molecular formula is C17H24N4O2. The molecule has 0 aliphatic carbocycles. The molecule has 0 saturated heterocycles. The molecule has 1 amide bonds. The quantitative estimate of drug-likeness (QED) is 0.884. The predicted octanol–water partition coefficient (Wildman–Crippen LogP) is 1.94. The molecule has 0 aliphatic heterocycles. The molecule has 0 saturated carbocycles. The molecule has 6 heteroatoms. The van der Waals surface area contributed by atoms with Crippen LogP contribution in [0.25, 0.3) is 5.69 Å². The number of nitrogens with one attached hydrogen (secondary N) is 1. The van der Waals surface area contributed by atoms with E-state index in [1.165, 1.54) is 4.68 Å². The zero-order chi connectivity index (χ0) is 17.2. The average molecular weight is 316 g/mol. The Morgan fingerprint density at radius 1 is 1.30 bits per heavy atom. The Hall–Kier alpha value is -2.34. The van der Waals surface area contributed by atoms with Gasteiger partial charge in [-0.2, -0.15) is 0 Å². The highest BCUT2D eigenvalue weighted by Crippen LogP contribution is 2.17. The van der Waals surface area contributed by atoms with E-state index in [9.17, 15) is 9.59 Å². The SMILES string of the molecule is CCCC(C)(N)C(=O)Nc1c(C)n(C)n(-c2ccccc2)c1=O. The summed E-state index contributed by atoms with van der Waals surface area (Å²) in [4.78, 5) is 25.1. The van der Waals surface area contributed by atoms with Crippen molar-refractivity contribution in [3.8, 4) is 5.69 Å². The summed E-state index contributed by atoms with van der Waals surface area (Å²) >= 11 is 0. The number of carbonyl (C=O) groups is 1. The summed E-state index contributed by atoms with van der Waals surface area (Å²) in [6.45, 7) is 5.44. The molecule has 1 atom stereocenters. The van der Waals surface area contributed by atoms with E-state index in [0.29, 0.717) is 12.1 Å². The van der Waals surface area contributed by atoms with Crippen molar-refractivity contribution in [3.05, 3.63) is 46.4 Å². The second kappa shape index (κ2) is 6.42. The Labute approximate surface area is 135 Å². The van der Waals surface area contributed by atoms with Crippen LogP contribution in [-0.2, 0) is 11.8 Å². The van der Waals surface area contributed by atoms with Gasteiger partial charge in [0, 0.05) is 7.05 Å². The van der Waals surface area contributed by atoms with Crippen LogP contribution >= 0.6 is 0 Å². The summed E-state index contributed by atoms with van der Waals surface area (Å²) < 4.78 is 3.25. The van der Waals surface area contributed by atoms with Gasteiger partial charge in [-0.15, -0.1) is 0 Å². The lowest BCUT2D eigenvalue weighted by Crippen LogP contribution is -2.48. The van der Waals surface area contributed by atoms with Crippen LogP contribution < -0.4 is 16.6 Å². The van der Waals surface area contributed by atoms with Gasteiger partial charge in [-0.25, -0.2) is 4.68 Å². The molecule has 0 spiro atoms. The number of amides is 1. The van der Waals surface area contributed by atoms with E-state index in [1.54, 1.807) is 25.6 Å². The first-order valence-electron chi connectivity index (χ1n) is 7.74. The van der Waals surface area contributed by atoms with E-state index in [1.807, 2.05) is 37.3 Å². The van der Waals surface area contributed by atoms with Crippen molar-refractivity contribution in [3.63, 3.8) is 0 Å². The fourth-order valence-corrected chi connectivity index (χ4v) is 2.60. The topological polar surface area (TPSA) is 82.1 Å². The van der Waals surface area contributed by atoms with Gasteiger partial charge in [-0.3, -0.25) is 14.3 Å². The molecule has 1 aromatic carbocycles. The maximum absolute atomic E-state index is 12.7. The van der Waals surface area contributed by atoms with Crippen LogP contribution in [0.15, 0.2) is 35.1 Å². The van der Waals surface area contributed by atoms with Crippen molar-refractivity contribution < 1.29 is 4.79 Å². The lowest BCUT2D eigenvalue weighted by molar-refractivity contribution is -0.120. The minimum atomic E-state index is -0.999. The lowest BCUT2D eigenvalue weighted by atomic mass is 9.96. The van der Waals surface area contributed by atoms with Crippen molar-refractivity contribution in [2.24, 2.45) is 12.8 Å². The van der Waals surface area contributed by atoms with Crippen molar-refractivity contribution in [2.75, 3.05) is 5.32 Å². The lowest BCUT2D eigenvalue weighted by Gasteiger charge is -2.22. The molecule has 6 nitrogen and oxygen atoms in total. The summed E-state index contributed by atoms with van der Waals surface area (Å²) in [5, 5.41) is 2.72. The first-order chi connectivity index (χ1) is 10.8. The summed E-state index contributed by atoms with van der Waals surface area (Å²) in [6.07, 6.45) is 1.35. The smallest absolute Gasteiger partial charge is 0.295 e. The van der Waals surface area contributed by atoms with Crippen LogP contribution in [0.3, 0.4) is 0 Å². The zero-order valence-corrected chi connectivity index (χ0v) is 14.1. The van der Waals surface area contributed by atoms with Crippen LogP contribution in [0.1, 0.15) is 32.4 Å². The summed E-state index contributed by atoms with van der Waals surface area (Å²) in [5.41, 5.74) is 6.48. The molecule has 0 radical (unpaired) electrons. The van der Waals surface area contributed by atoms with E-state index >= 15 is 0 Å². The van der Waals surface area contributed by atoms with Crippen molar-refractivity contribution in [1.82, 2.24) is 9.36 Å². The molecule has 0 aliphatic rings. The van der Waals surface area contributed by atoms with Gasteiger partial charge >= 0.3 is 0 Å². The zero-order valence-electron chi connectivity index (χ0n) is 14.1. The number of nitrogens with zero attached hydrogens (tertiary/aromatic N) is 2. The summed E-state index contributed by atoms with van der Waals surface area (Å²) in [7, 11) is 1.78. The maximum atomic E-state index is 12.7. The Balaban J connectivity index is 2.43. The van der Waals surface area contributed by atoms with Crippen LogP contribution in [0, 0.1) is 6.92 Å². The largest absolute Gasteiger partial charge is 0.318 e. The molecule has 1 heterocycles. The summed E-state index contributed by atoms with van der Waals surface area (Å²) in [5.74, 6) is -0.342.